The van der Waals surface area contributed by atoms with E-state index in [-0.39, 0.29) is 78.5 Å². The molecule has 0 radical (unpaired) electrons. The van der Waals surface area contributed by atoms with Crippen LogP contribution in [0.3, 0.4) is 0 Å². The highest BCUT2D eigenvalue weighted by molar-refractivity contribution is 6.02. The van der Waals surface area contributed by atoms with E-state index in [9.17, 15) is 19.8 Å². The number of aliphatic hydroxyl groups is 2. The van der Waals surface area contributed by atoms with Crippen molar-refractivity contribution >= 4 is 11.6 Å². The molecule has 0 spiro atoms. The van der Waals surface area contributed by atoms with Crippen molar-refractivity contribution in [3.05, 3.63) is 70.8 Å². The van der Waals surface area contributed by atoms with Crippen LogP contribution in [0.1, 0.15) is 135 Å². The van der Waals surface area contributed by atoms with Crippen LogP contribution >= 0.6 is 0 Å². The number of nitrogens with one attached hydrogen (secondary N) is 1. The Morgan fingerprint density at radius 2 is 0.712 bits per heavy atom. The van der Waals surface area contributed by atoms with Crippen molar-refractivity contribution in [2.75, 3.05) is 66.1 Å². The lowest BCUT2D eigenvalue weighted by molar-refractivity contribution is -0.110. The molecule has 0 aliphatic rings. The molecule has 378 valence electrons. The molecule has 2 aromatic carbocycles. The topological polar surface area (TPSA) is 196 Å². The highest BCUT2D eigenvalue weighted by atomic mass is 16.6. The molecule has 0 bridgehead atoms. The van der Waals surface area contributed by atoms with E-state index < -0.39 is 11.2 Å². The van der Waals surface area contributed by atoms with E-state index in [1.54, 1.807) is 24.3 Å². The summed E-state index contributed by atoms with van der Waals surface area (Å²) in [5.74, 6) is -0.743. The van der Waals surface area contributed by atoms with Crippen molar-refractivity contribution in [2.24, 2.45) is 5.73 Å². The van der Waals surface area contributed by atoms with Crippen LogP contribution < -0.4 is 11.1 Å². The van der Waals surface area contributed by atoms with E-state index in [2.05, 4.69) is 5.32 Å². The number of carbonyl (C=O) groups is 2. The number of hydrogen-bond donors (Lipinski definition) is 4. The maximum atomic E-state index is 12.7. The highest BCUT2D eigenvalue weighted by Gasteiger charge is 2.28. The summed E-state index contributed by atoms with van der Waals surface area (Å²) in [7, 11) is 0. The summed E-state index contributed by atoms with van der Waals surface area (Å²) in [6, 6.07) is 13.8. The van der Waals surface area contributed by atoms with Crippen LogP contribution in [0.4, 0.5) is 0 Å². The Balaban J connectivity index is 1.70. The molecule has 0 heterocycles. The first-order valence-electron chi connectivity index (χ1n) is 23.6. The van der Waals surface area contributed by atoms with E-state index in [0.717, 1.165) is 11.1 Å². The van der Waals surface area contributed by atoms with Gasteiger partial charge in [0.2, 0.25) is 0 Å². The molecule has 0 amide bonds. The number of rotatable bonds is 36. The van der Waals surface area contributed by atoms with Gasteiger partial charge in [-0.05, 0) is 108 Å². The van der Waals surface area contributed by atoms with Gasteiger partial charge < -0.3 is 63.9 Å². The van der Waals surface area contributed by atoms with Gasteiger partial charge in [-0.2, -0.15) is 0 Å². The Kier molecular flexibility index (Phi) is 27.0. The Hall–Kier alpha value is -2.74. The molecule has 0 saturated carbocycles. The standard InChI is InChI=1S/C51H86N2O13/c1-33(52)23-59-36(4)26-61-38(6)28-63-40(8)30-65-42(10)32-66-41(9)31-64-39(7)29-62-37(5)27-60-35(3)25-58-24-34(2)53-47(43-15-19-45(20-16-43)48(54)50(11,12)56)44-17-21-46(22-18-44)49(55)51(13,14)57/h15-22,33-42,47,53,56-57H,23-32,52H2,1-14H3. The molecule has 0 aromatic heterocycles. The molecule has 10 atom stereocenters. The zero-order valence-electron chi connectivity index (χ0n) is 42.5. The molecular weight excluding hydrogens is 849 g/mol. The number of carbonyl (C=O) groups excluding carboxylic acids is 2. The third-order valence-corrected chi connectivity index (χ3v) is 10.2. The van der Waals surface area contributed by atoms with E-state index in [1.807, 2.05) is 93.5 Å². The van der Waals surface area contributed by atoms with Gasteiger partial charge in [-0.1, -0.05) is 48.5 Å². The fraction of sp³-hybridized carbons (Fsp3) is 0.725. The third-order valence-electron chi connectivity index (χ3n) is 10.2. The molecule has 2 rings (SSSR count). The number of benzene rings is 2. The molecular formula is C51H86N2O13. The number of nitrogens with two attached hydrogens (primary N) is 1. The van der Waals surface area contributed by atoms with E-state index in [1.165, 1.54) is 27.7 Å². The van der Waals surface area contributed by atoms with Gasteiger partial charge in [0.05, 0.1) is 121 Å². The third kappa shape index (κ3) is 24.5. The number of Topliss-reactive ketones (excluding diaryl/α,β-unsaturated/α-hetero) is 2. The van der Waals surface area contributed by atoms with Crippen molar-refractivity contribution < 1.29 is 62.4 Å². The average Bonchev–Trinajstić information content (AvgIpc) is 3.26. The normalized spacial score (nSPS) is 17.1. The van der Waals surface area contributed by atoms with Crippen molar-refractivity contribution in [3.63, 3.8) is 0 Å². The fourth-order valence-corrected chi connectivity index (χ4v) is 6.29. The lowest BCUT2D eigenvalue weighted by Gasteiger charge is -2.26. The van der Waals surface area contributed by atoms with Crippen LogP contribution in [-0.2, 0) is 42.6 Å². The monoisotopic (exact) mass is 935 g/mol. The Bertz CT molecular complexity index is 1560. The largest absolute Gasteiger partial charge is 0.382 e. The second-order valence-corrected chi connectivity index (χ2v) is 19.2. The Labute approximate surface area is 396 Å². The molecule has 15 nitrogen and oxygen atoms in total. The molecule has 15 heteroatoms. The van der Waals surface area contributed by atoms with Crippen LogP contribution in [0.15, 0.2) is 48.5 Å². The predicted octanol–water partition coefficient (Wildman–Crippen LogP) is 6.27. The van der Waals surface area contributed by atoms with Gasteiger partial charge in [0.15, 0.2) is 11.6 Å². The molecule has 66 heavy (non-hydrogen) atoms. The van der Waals surface area contributed by atoms with Crippen molar-refractivity contribution in [1.29, 1.82) is 0 Å². The second-order valence-electron chi connectivity index (χ2n) is 19.2. The summed E-state index contributed by atoms with van der Waals surface area (Å²) in [6.45, 7) is 29.8. The lowest BCUT2D eigenvalue weighted by atomic mass is 9.91. The maximum absolute atomic E-state index is 12.7. The highest BCUT2D eigenvalue weighted by Crippen LogP contribution is 2.26. The number of ether oxygens (including phenoxy) is 9. The van der Waals surface area contributed by atoms with E-state index in [0.29, 0.717) is 77.2 Å². The van der Waals surface area contributed by atoms with Gasteiger partial charge in [0.25, 0.3) is 0 Å². The number of ketones is 2. The fourth-order valence-electron chi connectivity index (χ4n) is 6.29. The van der Waals surface area contributed by atoms with Crippen LogP contribution in [0.2, 0.25) is 0 Å². The smallest absolute Gasteiger partial charge is 0.193 e. The van der Waals surface area contributed by atoms with E-state index >= 15 is 0 Å². The zero-order valence-corrected chi connectivity index (χ0v) is 42.5. The quantitative estimate of drug-likeness (QED) is 0.0559. The molecule has 10 unspecified atom stereocenters. The first-order valence-corrected chi connectivity index (χ1v) is 23.6. The second kappa shape index (κ2) is 30.0. The van der Waals surface area contributed by atoms with E-state index in [4.69, 9.17) is 48.4 Å². The maximum Gasteiger partial charge on any atom is 0.193 e. The van der Waals surface area contributed by atoms with Crippen LogP contribution in [0.5, 0.6) is 0 Å². The Morgan fingerprint density at radius 1 is 0.455 bits per heavy atom. The van der Waals surface area contributed by atoms with Crippen molar-refractivity contribution in [1.82, 2.24) is 5.32 Å². The first kappa shape index (κ1) is 59.4. The van der Waals surface area contributed by atoms with Gasteiger partial charge in [-0.3, -0.25) is 9.59 Å². The molecule has 0 fully saturated rings. The van der Waals surface area contributed by atoms with Gasteiger partial charge in [0, 0.05) is 23.2 Å². The summed E-state index contributed by atoms with van der Waals surface area (Å²) in [4.78, 5) is 25.4. The molecule has 0 aliphatic carbocycles. The first-order chi connectivity index (χ1) is 30.8. The summed E-state index contributed by atoms with van der Waals surface area (Å²) in [5, 5.41) is 24.1. The van der Waals surface area contributed by atoms with Gasteiger partial charge in [0.1, 0.15) is 11.2 Å². The summed E-state index contributed by atoms with van der Waals surface area (Å²) in [5.41, 5.74) is 5.33. The molecule has 5 N–H and O–H groups in total. The molecule has 0 saturated heterocycles. The number of hydrogen-bond acceptors (Lipinski definition) is 15. The zero-order chi connectivity index (χ0) is 49.6. The van der Waals surface area contributed by atoms with Crippen molar-refractivity contribution in [2.45, 2.75) is 175 Å². The summed E-state index contributed by atoms with van der Waals surface area (Å²) in [6.07, 6.45) is -0.891. The van der Waals surface area contributed by atoms with Gasteiger partial charge >= 0.3 is 0 Å². The average molecular weight is 935 g/mol. The summed E-state index contributed by atoms with van der Waals surface area (Å²) >= 11 is 0. The molecule has 0 aliphatic heterocycles. The van der Waals surface area contributed by atoms with Gasteiger partial charge in [-0.15, -0.1) is 0 Å². The minimum Gasteiger partial charge on any atom is -0.382 e. The molecule has 2 aromatic rings. The summed E-state index contributed by atoms with van der Waals surface area (Å²) < 4.78 is 53.4. The van der Waals surface area contributed by atoms with Crippen LogP contribution in [0.25, 0.3) is 0 Å². The lowest BCUT2D eigenvalue weighted by Crippen LogP contribution is -2.36. The van der Waals surface area contributed by atoms with Crippen LogP contribution in [0, 0.1) is 0 Å². The van der Waals surface area contributed by atoms with Crippen LogP contribution in [-0.4, -0.2) is 160 Å². The van der Waals surface area contributed by atoms with Gasteiger partial charge in [-0.25, -0.2) is 0 Å². The predicted molar refractivity (Wildman–Crippen MR) is 256 cm³/mol. The Morgan fingerprint density at radius 3 is 0.970 bits per heavy atom. The van der Waals surface area contributed by atoms with Crippen molar-refractivity contribution in [3.8, 4) is 0 Å². The minimum atomic E-state index is -1.49. The SMILES string of the molecule is CC(N)COC(C)COC(C)COC(C)COC(C)COC(C)COC(C)COC(C)COC(C)COCC(C)NC(c1ccc(C(=O)C(C)(C)O)cc1)c1ccc(C(=O)C(C)(C)O)cc1. The minimum absolute atomic E-state index is 0.00280.